The molecule has 1 amide bonds. The first-order valence-corrected chi connectivity index (χ1v) is 9.44. The second-order valence-electron chi connectivity index (χ2n) is 6.09. The molecule has 0 saturated heterocycles. The number of nitrogens with zero attached hydrogens (tertiary/aromatic N) is 2. The number of ether oxygens (including phenoxy) is 2. The van der Waals surface area contributed by atoms with Gasteiger partial charge in [0.1, 0.15) is 6.61 Å². The molecule has 0 aromatic heterocycles. The Balaban J connectivity index is 2.07. The molecule has 156 valence electrons. The molecular formula is C21H16BrF3N2O3. The van der Waals surface area contributed by atoms with Gasteiger partial charge in [-0.05, 0) is 51.8 Å². The standard InChI is InChI=1S/C21H16BrF3N2O3/c1-3-9-30-18-16(22)11-13(12-17(18)29-2)10-15-19(21(23,24)25)26-27(20(15)28)14-7-5-4-6-8-14/h3-8,10-12H,1,9H2,2H3/b15-10-. The van der Waals surface area contributed by atoms with Crippen LogP contribution < -0.4 is 14.5 Å². The van der Waals surface area contributed by atoms with Gasteiger partial charge in [0.15, 0.2) is 17.2 Å². The fraction of sp³-hybridized carbons (Fsp3) is 0.143. The van der Waals surface area contributed by atoms with Crippen LogP contribution in [0.15, 0.2) is 70.3 Å². The van der Waals surface area contributed by atoms with Crippen LogP contribution in [0.25, 0.3) is 6.08 Å². The summed E-state index contributed by atoms with van der Waals surface area (Å²) in [6.07, 6.45) is -2.13. The maximum absolute atomic E-state index is 13.6. The number of benzene rings is 2. The van der Waals surface area contributed by atoms with Gasteiger partial charge in [-0.25, -0.2) is 0 Å². The summed E-state index contributed by atoms with van der Waals surface area (Å²) in [4.78, 5) is 12.8. The molecule has 5 nitrogen and oxygen atoms in total. The summed E-state index contributed by atoms with van der Waals surface area (Å²) in [5.41, 5.74) is -1.29. The Morgan fingerprint density at radius 1 is 1.23 bits per heavy atom. The van der Waals surface area contributed by atoms with Gasteiger partial charge in [-0.2, -0.15) is 23.3 Å². The lowest BCUT2D eigenvalue weighted by molar-refractivity contribution is -0.114. The first-order chi connectivity index (χ1) is 14.3. The van der Waals surface area contributed by atoms with Crippen LogP contribution in [-0.2, 0) is 4.79 Å². The quantitative estimate of drug-likeness (QED) is 0.412. The Hall–Kier alpha value is -3.07. The zero-order chi connectivity index (χ0) is 21.9. The van der Waals surface area contributed by atoms with Crippen molar-refractivity contribution in [2.24, 2.45) is 5.10 Å². The van der Waals surface area contributed by atoms with Crippen molar-refractivity contribution in [3.63, 3.8) is 0 Å². The lowest BCUT2D eigenvalue weighted by Crippen LogP contribution is -2.25. The molecule has 0 atom stereocenters. The van der Waals surface area contributed by atoms with Crippen molar-refractivity contribution < 1.29 is 27.4 Å². The molecule has 2 aromatic rings. The molecule has 9 heteroatoms. The number of halogens is 4. The topological polar surface area (TPSA) is 51.1 Å². The molecule has 1 aliphatic rings. The zero-order valence-corrected chi connectivity index (χ0v) is 17.3. The van der Waals surface area contributed by atoms with E-state index in [1.165, 1.54) is 31.4 Å². The maximum Gasteiger partial charge on any atom is 0.435 e. The Morgan fingerprint density at radius 2 is 1.93 bits per heavy atom. The number of methoxy groups -OCH3 is 1. The molecular weight excluding hydrogens is 465 g/mol. The van der Waals surface area contributed by atoms with Crippen molar-refractivity contribution in [2.75, 3.05) is 18.7 Å². The second-order valence-corrected chi connectivity index (χ2v) is 6.95. The van der Waals surface area contributed by atoms with E-state index >= 15 is 0 Å². The van der Waals surface area contributed by atoms with E-state index < -0.39 is 23.4 Å². The van der Waals surface area contributed by atoms with Crippen LogP contribution in [0, 0.1) is 0 Å². The number of para-hydroxylation sites is 1. The number of carbonyl (C=O) groups excluding carboxylic acids is 1. The first-order valence-electron chi connectivity index (χ1n) is 8.65. The zero-order valence-electron chi connectivity index (χ0n) is 15.7. The van der Waals surface area contributed by atoms with Gasteiger partial charge < -0.3 is 9.47 Å². The number of hydrazone groups is 1. The third-order valence-electron chi connectivity index (χ3n) is 4.06. The highest BCUT2D eigenvalue weighted by Gasteiger charge is 2.46. The molecule has 1 heterocycles. The van der Waals surface area contributed by atoms with Crippen LogP contribution in [-0.4, -0.2) is 31.5 Å². The van der Waals surface area contributed by atoms with Crippen LogP contribution in [0.5, 0.6) is 11.5 Å². The van der Waals surface area contributed by atoms with Crippen LogP contribution in [0.1, 0.15) is 5.56 Å². The number of rotatable bonds is 6. The first kappa shape index (κ1) is 21.6. The highest BCUT2D eigenvalue weighted by molar-refractivity contribution is 9.10. The monoisotopic (exact) mass is 480 g/mol. The van der Waals surface area contributed by atoms with E-state index in [1.807, 2.05) is 0 Å². The molecule has 0 radical (unpaired) electrons. The Bertz CT molecular complexity index is 1030. The fourth-order valence-electron chi connectivity index (χ4n) is 2.77. The van der Waals surface area contributed by atoms with Crippen molar-refractivity contribution in [1.82, 2.24) is 0 Å². The SMILES string of the molecule is C=CCOc1c(Br)cc(/C=C2\C(=O)N(c3ccccc3)N=C2C(F)(F)F)cc1OC. The summed E-state index contributed by atoms with van der Waals surface area (Å²) in [6.45, 7) is 3.78. The van der Waals surface area contributed by atoms with Crippen LogP contribution in [0.3, 0.4) is 0 Å². The summed E-state index contributed by atoms with van der Waals surface area (Å²) < 4.78 is 52.0. The predicted octanol–water partition coefficient (Wildman–Crippen LogP) is 5.37. The second kappa shape index (κ2) is 8.74. The van der Waals surface area contributed by atoms with Crippen LogP contribution in [0.4, 0.5) is 18.9 Å². The largest absolute Gasteiger partial charge is 0.493 e. The Labute approximate surface area is 179 Å². The highest BCUT2D eigenvalue weighted by Crippen LogP contribution is 2.38. The van der Waals surface area contributed by atoms with Crippen molar-refractivity contribution in [3.8, 4) is 11.5 Å². The smallest absolute Gasteiger partial charge is 0.435 e. The van der Waals surface area contributed by atoms with Crippen molar-refractivity contribution >= 4 is 39.3 Å². The van der Waals surface area contributed by atoms with Crippen LogP contribution in [0.2, 0.25) is 0 Å². The number of anilines is 1. The fourth-order valence-corrected chi connectivity index (χ4v) is 3.34. The predicted molar refractivity (Wildman–Crippen MR) is 112 cm³/mol. The molecule has 3 rings (SSSR count). The Kier molecular flexibility index (Phi) is 6.31. The lowest BCUT2D eigenvalue weighted by atomic mass is 10.1. The summed E-state index contributed by atoms with van der Waals surface area (Å²) in [7, 11) is 1.40. The molecule has 0 spiro atoms. The van der Waals surface area contributed by atoms with E-state index in [2.05, 4.69) is 27.6 Å². The average Bonchev–Trinajstić information content (AvgIpc) is 3.04. The number of hydrogen-bond acceptors (Lipinski definition) is 4. The summed E-state index contributed by atoms with van der Waals surface area (Å²) in [5.74, 6) is -0.225. The van der Waals surface area contributed by atoms with Gasteiger partial charge >= 0.3 is 6.18 Å². The van der Waals surface area contributed by atoms with E-state index in [0.29, 0.717) is 15.8 Å². The van der Waals surface area contributed by atoms with Gasteiger partial charge in [-0.15, -0.1) is 0 Å². The van der Waals surface area contributed by atoms with Gasteiger partial charge in [0.05, 0.1) is 22.8 Å². The molecule has 0 aliphatic carbocycles. The molecule has 0 unspecified atom stereocenters. The third kappa shape index (κ3) is 4.40. The molecule has 2 aromatic carbocycles. The molecule has 30 heavy (non-hydrogen) atoms. The molecule has 0 fully saturated rings. The molecule has 1 aliphatic heterocycles. The van der Waals surface area contributed by atoms with Gasteiger partial charge in [0.2, 0.25) is 0 Å². The van der Waals surface area contributed by atoms with E-state index in [4.69, 9.17) is 9.47 Å². The van der Waals surface area contributed by atoms with Gasteiger partial charge in [-0.1, -0.05) is 30.9 Å². The minimum absolute atomic E-state index is 0.213. The minimum atomic E-state index is -4.81. The number of carbonyl (C=O) groups is 1. The van der Waals surface area contributed by atoms with E-state index in [1.54, 1.807) is 24.3 Å². The molecule has 0 saturated carbocycles. The third-order valence-corrected chi connectivity index (χ3v) is 4.64. The van der Waals surface area contributed by atoms with Gasteiger partial charge in [-0.3, -0.25) is 4.79 Å². The van der Waals surface area contributed by atoms with Crippen molar-refractivity contribution in [3.05, 3.63) is 70.7 Å². The lowest BCUT2D eigenvalue weighted by Gasteiger charge is -2.13. The Morgan fingerprint density at radius 3 is 2.53 bits per heavy atom. The minimum Gasteiger partial charge on any atom is -0.493 e. The highest BCUT2D eigenvalue weighted by atomic mass is 79.9. The summed E-state index contributed by atoms with van der Waals surface area (Å²) >= 11 is 3.32. The van der Waals surface area contributed by atoms with E-state index in [0.717, 1.165) is 11.1 Å². The van der Waals surface area contributed by atoms with E-state index in [-0.39, 0.29) is 18.0 Å². The summed E-state index contributed by atoms with van der Waals surface area (Å²) in [5, 5.41) is 4.28. The molecule has 0 bridgehead atoms. The maximum atomic E-state index is 13.6. The number of amides is 1. The summed E-state index contributed by atoms with van der Waals surface area (Å²) in [6, 6.07) is 10.9. The normalized spacial score (nSPS) is 15.4. The van der Waals surface area contributed by atoms with Gasteiger partial charge in [0.25, 0.3) is 5.91 Å². The molecule has 0 N–H and O–H groups in total. The van der Waals surface area contributed by atoms with Gasteiger partial charge in [0, 0.05) is 0 Å². The average molecular weight is 481 g/mol. The number of alkyl halides is 3. The van der Waals surface area contributed by atoms with Crippen molar-refractivity contribution in [1.29, 1.82) is 0 Å². The van der Waals surface area contributed by atoms with Crippen LogP contribution >= 0.6 is 15.9 Å². The number of hydrogen-bond donors (Lipinski definition) is 0. The van der Waals surface area contributed by atoms with Crippen molar-refractivity contribution in [2.45, 2.75) is 6.18 Å². The van der Waals surface area contributed by atoms with E-state index in [9.17, 15) is 18.0 Å².